The molecule has 0 radical (unpaired) electrons. The van der Waals surface area contributed by atoms with Crippen LogP contribution in [0.3, 0.4) is 0 Å². The molecule has 0 aliphatic carbocycles. The van der Waals surface area contributed by atoms with Crippen molar-refractivity contribution in [3.8, 4) is 0 Å². The van der Waals surface area contributed by atoms with Gasteiger partial charge in [-0.15, -0.1) is 11.8 Å². The van der Waals surface area contributed by atoms with Gasteiger partial charge in [-0.3, -0.25) is 0 Å². The van der Waals surface area contributed by atoms with E-state index in [0.29, 0.717) is 12.6 Å². The maximum Gasteiger partial charge on any atom is 0.0796 e. The summed E-state index contributed by atoms with van der Waals surface area (Å²) in [6.45, 7) is 3.54. The van der Waals surface area contributed by atoms with Crippen molar-refractivity contribution in [3.63, 3.8) is 0 Å². The summed E-state index contributed by atoms with van der Waals surface area (Å²) in [6, 6.07) is 8.43. The largest absolute Gasteiger partial charge is 0.375 e. The quantitative estimate of drug-likeness (QED) is 0.826. The standard InChI is InChI=1S/C13H20N2OS/c1-15-5-6-16-12(9-15)10-17-13-4-2-3-11(7-13)8-14/h2-4,7,12H,5-6,8-10,14H2,1H3. The summed E-state index contributed by atoms with van der Waals surface area (Å²) in [5.41, 5.74) is 6.83. The van der Waals surface area contributed by atoms with E-state index in [1.165, 1.54) is 10.5 Å². The number of hydrogen-bond donors (Lipinski definition) is 1. The first-order valence-electron chi connectivity index (χ1n) is 6.00. The summed E-state index contributed by atoms with van der Waals surface area (Å²) in [5, 5.41) is 0. The van der Waals surface area contributed by atoms with Crippen molar-refractivity contribution in [3.05, 3.63) is 29.8 Å². The van der Waals surface area contributed by atoms with Crippen LogP contribution in [0, 0.1) is 0 Å². The average molecular weight is 252 g/mol. The SMILES string of the molecule is CN1CCOC(CSc2cccc(CN)c2)C1. The molecule has 0 spiro atoms. The van der Waals surface area contributed by atoms with Gasteiger partial charge in [-0.2, -0.15) is 0 Å². The van der Waals surface area contributed by atoms with Crippen LogP contribution in [-0.2, 0) is 11.3 Å². The van der Waals surface area contributed by atoms with Gasteiger partial charge in [0.1, 0.15) is 0 Å². The lowest BCUT2D eigenvalue weighted by Gasteiger charge is -2.29. The highest BCUT2D eigenvalue weighted by molar-refractivity contribution is 7.99. The van der Waals surface area contributed by atoms with Crippen LogP contribution in [0.25, 0.3) is 0 Å². The lowest BCUT2D eigenvalue weighted by atomic mass is 10.2. The highest BCUT2D eigenvalue weighted by Crippen LogP contribution is 2.21. The minimum atomic E-state index is 0.347. The molecule has 1 aliphatic heterocycles. The summed E-state index contributed by atoms with van der Waals surface area (Å²) >= 11 is 1.85. The van der Waals surface area contributed by atoms with Crippen molar-refractivity contribution in [1.82, 2.24) is 4.90 Å². The van der Waals surface area contributed by atoms with Crippen LogP contribution >= 0.6 is 11.8 Å². The molecule has 1 aromatic rings. The zero-order valence-corrected chi connectivity index (χ0v) is 11.1. The summed E-state index contributed by atoms with van der Waals surface area (Å²) in [6.07, 6.45) is 0.347. The van der Waals surface area contributed by atoms with E-state index in [4.69, 9.17) is 10.5 Å². The van der Waals surface area contributed by atoms with Gasteiger partial charge in [0.15, 0.2) is 0 Å². The van der Waals surface area contributed by atoms with Crippen LogP contribution in [0.15, 0.2) is 29.2 Å². The second kappa shape index (κ2) is 6.40. The number of hydrogen-bond acceptors (Lipinski definition) is 4. The summed E-state index contributed by atoms with van der Waals surface area (Å²) in [7, 11) is 2.15. The van der Waals surface area contributed by atoms with Crippen molar-refractivity contribution in [1.29, 1.82) is 0 Å². The van der Waals surface area contributed by atoms with Gasteiger partial charge in [0.25, 0.3) is 0 Å². The predicted molar refractivity (Wildman–Crippen MR) is 72.3 cm³/mol. The average Bonchev–Trinajstić information content (AvgIpc) is 2.37. The molecule has 0 bridgehead atoms. The lowest BCUT2D eigenvalue weighted by Crippen LogP contribution is -2.41. The van der Waals surface area contributed by atoms with Crippen LogP contribution in [0.1, 0.15) is 5.56 Å². The smallest absolute Gasteiger partial charge is 0.0796 e. The second-order valence-corrected chi connectivity index (χ2v) is 5.51. The fraction of sp³-hybridized carbons (Fsp3) is 0.538. The van der Waals surface area contributed by atoms with Gasteiger partial charge in [-0.25, -0.2) is 0 Å². The summed E-state index contributed by atoms with van der Waals surface area (Å²) in [5.74, 6) is 1.01. The zero-order valence-electron chi connectivity index (χ0n) is 10.3. The van der Waals surface area contributed by atoms with Crippen molar-refractivity contribution in [2.75, 3.05) is 32.5 Å². The highest BCUT2D eigenvalue weighted by atomic mass is 32.2. The van der Waals surface area contributed by atoms with Crippen molar-refractivity contribution >= 4 is 11.8 Å². The first-order valence-corrected chi connectivity index (χ1v) is 6.98. The van der Waals surface area contributed by atoms with E-state index in [1.54, 1.807) is 0 Å². The van der Waals surface area contributed by atoms with Gasteiger partial charge in [0.2, 0.25) is 0 Å². The van der Waals surface area contributed by atoms with E-state index in [9.17, 15) is 0 Å². The second-order valence-electron chi connectivity index (χ2n) is 4.42. The first kappa shape index (κ1) is 12.9. The number of thioether (sulfide) groups is 1. The molecule has 1 aliphatic rings. The maximum atomic E-state index is 5.74. The molecule has 1 unspecified atom stereocenters. The number of ether oxygens (including phenoxy) is 1. The topological polar surface area (TPSA) is 38.5 Å². The number of rotatable bonds is 4. The van der Waals surface area contributed by atoms with E-state index >= 15 is 0 Å². The molecule has 94 valence electrons. The first-order chi connectivity index (χ1) is 8.28. The molecular weight excluding hydrogens is 232 g/mol. The highest BCUT2D eigenvalue weighted by Gasteiger charge is 2.17. The van der Waals surface area contributed by atoms with E-state index < -0.39 is 0 Å². The summed E-state index contributed by atoms with van der Waals surface area (Å²) in [4.78, 5) is 3.61. The molecule has 0 aromatic heterocycles. The van der Waals surface area contributed by atoms with E-state index in [1.807, 2.05) is 11.8 Å². The molecule has 1 aromatic carbocycles. The molecule has 1 saturated heterocycles. The fourth-order valence-corrected chi connectivity index (χ4v) is 2.91. The number of benzene rings is 1. The van der Waals surface area contributed by atoms with Gasteiger partial charge in [-0.1, -0.05) is 12.1 Å². The normalized spacial score (nSPS) is 21.6. The Morgan fingerprint density at radius 3 is 3.18 bits per heavy atom. The minimum absolute atomic E-state index is 0.347. The Balaban J connectivity index is 1.84. The Kier molecular flexibility index (Phi) is 4.86. The minimum Gasteiger partial charge on any atom is -0.375 e. The Labute approximate surface area is 107 Å². The molecule has 1 heterocycles. The van der Waals surface area contributed by atoms with Crippen molar-refractivity contribution in [2.45, 2.75) is 17.5 Å². The number of nitrogens with two attached hydrogens (primary N) is 1. The van der Waals surface area contributed by atoms with E-state index in [2.05, 4.69) is 36.2 Å². The van der Waals surface area contributed by atoms with E-state index in [-0.39, 0.29) is 0 Å². The van der Waals surface area contributed by atoms with Gasteiger partial charge in [0.05, 0.1) is 12.7 Å². The number of morpholine rings is 1. The van der Waals surface area contributed by atoms with Gasteiger partial charge < -0.3 is 15.4 Å². The molecule has 0 saturated carbocycles. The molecule has 1 atom stereocenters. The third-order valence-electron chi connectivity index (χ3n) is 2.91. The van der Waals surface area contributed by atoms with Gasteiger partial charge in [-0.05, 0) is 24.7 Å². The Hall–Kier alpha value is -0.550. The van der Waals surface area contributed by atoms with Crippen LogP contribution in [-0.4, -0.2) is 43.5 Å². The summed E-state index contributed by atoms with van der Waals surface area (Å²) < 4.78 is 5.74. The molecule has 4 heteroatoms. The monoisotopic (exact) mass is 252 g/mol. The Bertz CT molecular complexity index is 359. The zero-order chi connectivity index (χ0) is 12.1. The van der Waals surface area contributed by atoms with Gasteiger partial charge in [0, 0.05) is 30.3 Å². The van der Waals surface area contributed by atoms with Crippen LogP contribution in [0.5, 0.6) is 0 Å². The van der Waals surface area contributed by atoms with Gasteiger partial charge >= 0.3 is 0 Å². The molecule has 2 N–H and O–H groups in total. The molecule has 17 heavy (non-hydrogen) atoms. The van der Waals surface area contributed by atoms with Crippen LogP contribution in [0.2, 0.25) is 0 Å². The third kappa shape index (κ3) is 4.00. The molecule has 0 amide bonds. The number of likely N-dealkylation sites (N-methyl/N-ethyl adjacent to an activating group) is 1. The lowest BCUT2D eigenvalue weighted by molar-refractivity contribution is -0.00598. The predicted octanol–water partition coefficient (Wildman–Crippen LogP) is 1.57. The van der Waals surface area contributed by atoms with Crippen molar-refractivity contribution < 1.29 is 4.74 Å². The number of nitrogens with zero attached hydrogens (tertiary/aromatic N) is 1. The van der Waals surface area contributed by atoms with E-state index in [0.717, 1.165) is 25.4 Å². The Morgan fingerprint density at radius 2 is 2.41 bits per heavy atom. The van der Waals surface area contributed by atoms with Crippen molar-refractivity contribution in [2.24, 2.45) is 5.73 Å². The molecule has 3 nitrogen and oxygen atoms in total. The molecule has 2 rings (SSSR count). The third-order valence-corrected chi connectivity index (χ3v) is 4.04. The molecule has 1 fully saturated rings. The molecular formula is C13H20N2OS. The fourth-order valence-electron chi connectivity index (χ4n) is 1.92. The van der Waals surface area contributed by atoms with Crippen LogP contribution in [0.4, 0.5) is 0 Å². The van der Waals surface area contributed by atoms with Crippen LogP contribution < -0.4 is 5.73 Å². The maximum absolute atomic E-state index is 5.74. The Morgan fingerprint density at radius 1 is 1.53 bits per heavy atom.